The van der Waals surface area contributed by atoms with Crippen LogP contribution < -0.4 is 10.6 Å². The van der Waals surface area contributed by atoms with Gasteiger partial charge in [0.25, 0.3) is 0 Å². The fraction of sp³-hybridized carbons (Fsp3) is 0.429. The van der Waals surface area contributed by atoms with Crippen molar-refractivity contribution in [2.24, 2.45) is 5.41 Å². The number of urea groups is 1. The lowest BCUT2D eigenvalue weighted by Crippen LogP contribution is -2.38. The lowest BCUT2D eigenvalue weighted by Gasteiger charge is -2.29. The summed E-state index contributed by atoms with van der Waals surface area (Å²) in [5.74, 6) is 1.58. The van der Waals surface area contributed by atoms with Crippen molar-refractivity contribution in [1.29, 1.82) is 0 Å². The lowest BCUT2D eigenvalue weighted by atomic mass is 9.85. The molecule has 1 unspecified atom stereocenters. The largest absolute Gasteiger partial charge is 0.464 e. The Morgan fingerprint density at radius 2 is 2.15 bits per heavy atom. The second-order valence-electron chi connectivity index (χ2n) is 5.68. The molecule has 0 bridgehead atoms. The van der Waals surface area contributed by atoms with Crippen LogP contribution in [0.4, 0.5) is 9.93 Å². The SMILES string of the molecule is Cc1ccc(C(NC(=O)Nc2nccs2)C(C)(C)C)o1. The number of carbonyl (C=O) groups is 1. The molecule has 5 nitrogen and oxygen atoms in total. The fourth-order valence-electron chi connectivity index (χ4n) is 1.87. The molecule has 0 saturated carbocycles. The molecule has 0 aliphatic rings. The Hall–Kier alpha value is -1.82. The quantitative estimate of drug-likeness (QED) is 0.900. The van der Waals surface area contributed by atoms with Crippen molar-refractivity contribution in [2.75, 3.05) is 5.32 Å². The first kappa shape index (κ1) is 14.6. The zero-order chi connectivity index (χ0) is 14.8. The summed E-state index contributed by atoms with van der Waals surface area (Å²) in [7, 11) is 0. The Balaban J connectivity index is 2.10. The first-order chi connectivity index (χ1) is 9.36. The molecule has 20 heavy (non-hydrogen) atoms. The number of amides is 2. The van der Waals surface area contributed by atoms with Crippen LogP contribution in [0.2, 0.25) is 0 Å². The lowest BCUT2D eigenvalue weighted by molar-refractivity contribution is 0.215. The molecule has 2 aromatic heterocycles. The number of nitrogens with one attached hydrogen (secondary N) is 2. The number of nitrogens with zero attached hydrogens (tertiary/aromatic N) is 1. The van der Waals surface area contributed by atoms with Gasteiger partial charge in [-0.1, -0.05) is 20.8 Å². The van der Waals surface area contributed by atoms with Crippen molar-refractivity contribution < 1.29 is 9.21 Å². The number of furan rings is 1. The van der Waals surface area contributed by atoms with Gasteiger partial charge in [0.2, 0.25) is 0 Å². The van der Waals surface area contributed by atoms with Crippen LogP contribution in [0.3, 0.4) is 0 Å². The minimum absolute atomic E-state index is 0.162. The maximum atomic E-state index is 12.1. The highest BCUT2D eigenvalue weighted by atomic mass is 32.1. The van der Waals surface area contributed by atoms with E-state index in [1.807, 2.05) is 24.4 Å². The summed E-state index contributed by atoms with van der Waals surface area (Å²) in [6.45, 7) is 8.05. The first-order valence-electron chi connectivity index (χ1n) is 6.39. The van der Waals surface area contributed by atoms with E-state index in [4.69, 9.17) is 4.42 Å². The Labute approximate surface area is 122 Å². The maximum Gasteiger partial charge on any atom is 0.321 e. The number of aromatic nitrogens is 1. The average molecular weight is 293 g/mol. The Kier molecular flexibility index (Phi) is 4.13. The molecule has 0 saturated heterocycles. The first-order valence-corrected chi connectivity index (χ1v) is 7.27. The van der Waals surface area contributed by atoms with E-state index in [-0.39, 0.29) is 17.5 Å². The molecule has 6 heteroatoms. The molecule has 2 aromatic rings. The third-order valence-corrected chi connectivity index (χ3v) is 3.53. The predicted octanol–water partition coefficient (Wildman–Crippen LogP) is 3.95. The van der Waals surface area contributed by atoms with Gasteiger partial charge in [-0.15, -0.1) is 11.3 Å². The van der Waals surface area contributed by atoms with E-state index in [1.165, 1.54) is 11.3 Å². The highest BCUT2D eigenvalue weighted by Crippen LogP contribution is 2.33. The van der Waals surface area contributed by atoms with Crippen LogP contribution in [-0.2, 0) is 0 Å². The van der Waals surface area contributed by atoms with Gasteiger partial charge >= 0.3 is 6.03 Å². The van der Waals surface area contributed by atoms with Gasteiger partial charge in [-0.2, -0.15) is 0 Å². The number of hydrogen-bond acceptors (Lipinski definition) is 4. The summed E-state index contributed by atoms with van der Waals surface area (Å²) in [6.07, 6.45) is 1.65. The van der Waals surface area contributed by atoms with Gasteiger partial charge in [-0.25, -0.2) is 9.78 Å². The summed E-state index contributed by atoms with van der Waals surface area (Å²) >= 11 is 1.38. The predicted molar refractivity (Wildman–Crippen MR) is 79.9 cm³/mol. The highest BCUT2D eigenvalue weighted by molar-refractivity contribution is 7.13. The second kappa shape index (κ2) is 5.66. The van der Waals surface area contributed by atoms with Crippen LogP contribution in [-0.4, -0.2) is 11.0 Å². The maximum absolute atomic E-state index is 12.1. The number of carbonyl (C=O) groups excluding carboxylic acids is 1. The van der Waals surface area contributed by atoms with Crippen LogP contribution in [0, 0.1) is 12.3 Å². The fourth-order valence-corrected chi connectivity index (χ4v) is 2.40. The molecule has 0 aliphatic heterocycles. The Bertz CT molecular complexity index is 570. The van der Waals surface area contributed by atoms with Crippen molar-refractivity contribution in [3.63, 3.8) is 0 Å². The van der Waals surface area contributed by atoms with E-state index in [9.17, 15) is 4.79 Å². The van der Waals surface area contributed by atoms with Crippen LogP contribution >= 0.6 is 11.3 Å². The van der Waals surface area contributed by atoms with Gasteiger partial charge in [0.15, 0.2) is 5.13 Å². The Morgan fingerprint density at radius 1 is 1.40 bits per heavy atom. The zero-order valence-corrected chi connectivity index (χ0v) is 12.9. The molecule has 2 N–H and O–H groups in total. The summed E-state index contributed by atoms with van der Waals surface area (Å²) in [5, 5.41) is 8.05. The van der Waals surface area contributed by atoms with Gasteiger partial charge < -0.3 is 9.73 Å². The van der Waals surface area contributed by atoms with Crippen molar-refractivity contribution >= 4 is 22.5 Å². The van der Waals surface area contributed by atoms with Gasteiger partial charge in [0, 0.05) is 11.6 Å². The van der Waals surface area contributed by atoms with Crippen molar-refractivity contribution in [2.45, 2.75) is 33.7 Å². The zero-order valence-electron chi connectivity index (χ0n) is 12.1. The van der Waals surface area contributed by atoms with Crippen molar-refractivity contribution in [3.8, 4) is 0 Å². The standard InChI is InChI=1S/C14H19N3O2S/c1-9-5-6-10(19-9)11(14(2,3)4)16-12(18)17-13-15-7-8-20-13/h5-8,11H,1-4H3,(H2,15,16,17,18). The molecule has 0 aromatic carbocycles. The molecule has 108 valence electrons. The van der Waals surface area contributed by atoms with Crippen LogP contribution in [0.15, 0.2) is 28.1 Å². The molecule has 0 radical (unpaired) electrons. The normalized spacial score (nSPS) is 13.0. The Morgan fingerprint density at radius 3 is 2.65 bits per heavy atom. The number of rotatable bonds is 3. The smallest absolute Gasteiger partial charge is 0.321 e. The number of aryl methyl sites for hydroxylation is 1. The molecule has 2 heterocycles. The number of thiazole rings is 1. The molecular formula is C14H19N3O2S. The summed E-state index contributed by atoms with van der Waals surface area (Å²) < 4.78 is 5.65. The monoisotopic (exact) mass is 293 g/mol. The van der Waals surface area contributed by atoms with E-state index >= 15 is 0 Å². The van der Waals surface area contributed by atoms with Crippen LogP contribution in [0.25, 0.3) is 0 Å². The van der Waals surface area contributed by atoms with Crippen LogP contribution in [0.5, 0.6) is 0 Å². The molecular weight excluding hydrogens is 274 g/mol. The highest BCUT2D eigenvalue weighted by Gasteiger charge is 2.30. The molecule has 1 atom stereocenters. The van der Waals surface area contributed by atoms with E-state index in [1.54, 1.807) is 6.20 Å². The van der Waals surface area contributed by atoms with Crippen molar-refractivity contribution in [1.82, 2.24) is 10.3 Å². The molecule has 2 amide bonds. The van der Waals surface area contributed by atoms with Gasteiger partial charge in [0.1, 0.15) is 11.5 Å². The third kappa shape index (κ3) is 3.60. The summed E-state index contributed by atoms with van der Waals surface area (Å²) in [5.41, 5.74) is -0.162. The van der Waals surface area contributed by atoms with E-state index < -0.39 is 0 Å². The van der Waals surface area contributed by atoms with Gasteiger partial charge in [-0.3, -0.25) is 5.32 Å². The topological polar surface area (TPSA) is 67.2 Å². The number of anilines is 1. The van der Waals surface area contributed by atoms with Crippen molar-refractivity contribution in [3.05, 3.63) is 35.2 Å². The molecule has 0 spiro atoms. The average Bonchev–Trinajstić information content (AvgIpc) is 2.96. The van der Waals surface area contributed by atoms with E-state index in [2.05, 4.69) is 36.4 Å². The van der Waals surface area contributed by atoms with E-state index in [0.717, 1.165) is 11.5 Å². The second-order valence-corrected chi connectivity index (χ2v) is 6.58. The third-order valence-electron chi connectivity index (χ3n) is 2.84. The molecule has 0 aliphatic carbocycles. The van der Waals surface area contributed by atoms with Crippen LogP contribution in [0.1, 0.15) is 38.3 Å². The minimum Gasteiger partial charge on any atom is -0.464 e. The summed E-state index contributed by atoms with van der Waals surface area (Å²) in [4.78, 5) is 16.1. The van der Waals surface area contributed by atoms with Gasteiger partial charge in [0.05, 0.1) is 6.04 Å². The van der Waals surface area contributed by atoms with E-state index in [0.29, 0.717) is 5.13 Å². The van der Waals surface area contributed by atoms with Gasteiger partial charge in [-0.05, 0) is 24.5 Å². The number of hydrogen-bond donors (Lipinski definition) is 2. The minimum atomic E-state index is -0.283. The summed E-state index contributed by atoms with van der Waals surface area (Å²) in [6, 6.07) is 3.30. The molecule has 2 rings (SSSR count). The molecule has 0 fully saturated rings.